The molecule has 0 aliphatic heterocycles. The summed E-state index contributed by atoms with van der Waals surface area (Å²) in [6.07, 6.45) is 0.833. The minimum atomic E-state index is -0.0621. The zero-order valence-corrected chi connectivity index (χ0v) is 13.3. The lowest BCUT2D eigenvalue weighted by atomic mass is 10.1. The number of anilines is 1. The molecule has 0 radical (unpaired) electrons. The number of carbonyl (C=O) groups is 2. The average Bonchev–Trinajstić information content (AvgIpc) is 2.37. The van der Waals surface area contributed by atoms with Gasteiger partial charge < -0.3 is 16.4 Å². The third-order valence-electron chi connectivity index (χ3n) is 2.71. The first-order chi connectivity index (χ1) is 9.47. The van der Waals surface area contributed by atoms with Crippen LogP contribution >= 0.6 is 12.4 Å². The molecule has 0 bridgehead atoms. The molecular formula is C15H24ClN3O2. The molecule has 0 aliphatic rings. The van der Waals surface area contributed by atoms with Gasteiger partial charge in [-0.15, -0.1) is 12.4 Å². The highest BCUT2D eigenvalue weighted by molar-refractivity contribution is 5.85. The molecule has 2 amide bonds. The minimum Gasteiger partial charge on any atom is -0.399 e. The smallest absolute Gasteiger partial charge is 0.224 e. The van der Waals surface area contributed by atoms with Crippen LogP contribution in [0.15, 0.2) is 24.3 Å². The Morgan fingerprint density at radius 1 is 1.05 bits per heavy atom. The Kier molecular flexibility index (Phi) is 9.21. The molecule has 0 spiro atoms. The van der Waals surface area contributed by atoms with Gasteiger partial charge in [-0.2, -0.15) is 0 Å². The molecule has 0 unspecified atom stereocenters. The summed E-state index contributed by atoms with van der Waals surface area (Å²) in [5.41, 5.74) is 7.18. The number of carbonyl (C=O) groups excluding carboxylic acids is 2. The topological polar surface area (TPSA) is 84.2 Å². The Balaban J connectivity index is 0.00000400. The molecule has 21 heavy (non-hydrogen) atoms. The summed E-state index contributed by atoms with van der Waals surface area (Å²) in [7, 11) is 0. The van der Waals surface area contributed by atoms with Gasteiger partial charge in [-0.3, -0.25) is 9.59 Å². The van der Waals surface area contributed by atoms with Crippen LogP contribution in [0.3, 0.4) is 0 Å². The highest BCUT2D eigenvalue weighted by Crippen LogP contribution is 2.05. The quantitative estimate of drug-likeness (QED) is 0.527. The number of nitrogens with one attached hydrogen (secondary N) is 2. The van der Waals surface area contributed by atoms with Crippen LogP contribution in [0, 0.1) is 5.92 Å². The van der Waals surface area contributed by atoms with Gasteiger partial charge in [0, 0.05) is 25.2 Å². The lowest BCUT2D eigenvalue weighted by Gasteiger charge is -2.08. The van der Waals surface area contributed by atoms with Crippen molar-refractivity contribution in [3.63, 3.8) is 0 Å². The molecule has 0 saturated heterocycles. The van der Waals surface area contributed by atoms with Crippen molar-refractivity contribution in [2.75, 3.05) is 18.8 Å². The van der Waals surface area contributed by atoms with Gasteiger partial charge in [0.2, 0.25) is 11.8 Å². The monoisotopic (exact) mass is 313 g/mol. The van der Waals surface area contributed by atoms with Gasteiger partial charge in [-0.05, 0) is 23.6 Å². The maximum atomic E-state index is 11.7. The highest BCUT2D eigenvalue weighted by Gasteiger charge is 2.05. The molecule has 0 atom stereocenters. The fraction of sp³-hybridized carbons (Fsp3) is 0.467. The standard InChI is InChI=1S/C15H23N3O2.ClH/c1-11(2)9-14(19)17-7-8-18-15(20)10-12-3-5-13(16)6-4-12;/h3-6,11H,7-10,16H2,1-2H3,(H,17,19)(H,18,20);1H. The largest absolute Gasteiger partial charge is 0.399 e. The van der Waals surface area contributed by atoms with Crippen molar-refractivity contribution >= 4 is 29.9 Å². The van der Waals surface area contributed by atoms with E-state index >= 15 is 0 Å². The molecule has 5 nitrogen and oxygen atoms in total. The van der Waals surface area contributed by atoms with Crippen LogP contribution in [0.5, 0.6) is 0 Å². The van der Waals surface area contributed by atoms with Gasteiger partial charge in [-0.1, -0.05) is 26.0 Å². The predicted molar refractivity (Wildman–Crippen MR) is 87.3 cm³/mol. The molecule has 1 rings (SSSR count). The first-order valence-corrected chi connectivity index (χ1v) is 6.85. The Hall–Kier alpha value is -1.75. The molecule has 118 valence electrons. The number of rotatable bonds is 7. The second kappa shape index (κ2) is 10.0. The number of nitrogen functional groups attached to an aromatic ring is 1. The molecule has 0 aromatic heterocycles. The van der Waals surface area contributed by atoms with Crippen LogP contribution in [-0.4, -0.2) is 24.9 Å². The van der Waals surface area contributed by atoms with E-state index in [1.807, 2.05) is 26.0 Å². The van der Waals surface area contributed by atoms with Gasteiger partial charge >= 0.3 is 0 Å². The van der Waals surface area contributed by atoms with Gasteiger partial charge in [0.25, 0.3) is 0 Å². The second-order valence-electron chi connectivity index (χ2n) is 5.22. The van der Waals surface area contributed by atoms with E-state index in [1.165, 1.54) is 0 Å². The number of nitrogens with two attached hydrogens (primary N) is 1. The summed E-state index contributed by atoms with van der Waals surface area (Å²) in [5, 5.41) is 5.54. The van der Waals surface area contributed by atoms with E-state index in [4.69, 9.17) is 5.73 Å². The normalized spacial score (nSPS) is 9.86. The average molecular weight is 314 g/mol. The molecule has 6 heteroatoms. The molecule has 0 heterocycles. The zero-order chi connectivity index (χ0) is 15.0. The summed E-state index contributed by atoms with van der Waals surface area (Å²) >= 11 is 0. The molecule has 0 aliphatic carbocycles. The summed E-state index contributed by atoms with van der Waals surface area (Å²) in [5.74, 6) is 0.302. The molecular weight excluding hydrogens is 290 g/mol. The maximum absolute atomic E-state index is 11.7. The number of hydrogen-bond acceptors (Lipinski definition) is 3. The van der Waals surface area contributed by atoms with Crippen LogP contribution in [-0.2, 0) is 16.0 Å². The van der Waals surface area contributed by atoms with E-state index < -0.39 is 0 Å². The Labute approximate surface area is 132 Å². The van der Waals surface area contributed by atoms with Crippen molar-refractivity contribution in [1.29, 1.82) is 0 Å². The summed E-state index contributed by atoms with van der Waals surface area (Å²) in [6, 6.07) is 7.21. The van der Waals surface area contributed by atoms with Crippen molar-refractivity contribution in [2.45, 2.75) is 26.7 Å². The van der Waals surface area contributed by atoms with E-state index in [1.54, 1.807) is 12.1 Å². The second-order valence-corrected chi connectivity index (χ2v) is 5.22. The van der Waals surface area contributed by atoms with Crippen LogP contribution in [0.1, 0.15) is 25.8 Å². The van der Waals surface area contributed by atoms with Crippen LogP contribution in [0.25, 0.3) is 0 Å². The molecule has 4 N–H and O–H groups in total. The summed E-state index contributed by atoms with van der Waals surface area (Å²) < 4.78 is 0. The van der Waals surface area contributed by atoms with Crippen molar-refractivity contribution in [1.82, 2.24) is 10.6 Å². The lowest BCUT2D eigenvalue weighted by Crippen LogP contribution is -2.35. The first-order valence-electron chi connectivity index (χ1n) is 6.85. The molecule has 0 saturated carbocycles. The Bertz CT molecular complexity index is 447. The number of halogens is 1. The number of amides is 2. The number of hydrogen-bond donors (Lipinski definition) is 3. The molecule has 0 fully saturated rings. The van der Waals surface area contributed by atoms with E-state index in [0.717, 1.165) is 5.56 Å². The lowest BCUT2D eigenvalue weighted by molar-refractivity contribution is -0.123. The van der Waals surface area contributed by atoms with Gasteiger partial charge in [0.1, 0.15) is 0 Å². The van der Waals surface area contributed by atoms with E-state index in [2.05, 4.69) is 10.6 Å². The fourth-order valence-electron chi connectivity index (χ4n) is 1.73. The highest BCUT2D eigenvalue weighted by atomic mass is 35.5. The van der Waals surface area contributed by atoms with Gasteiger partial charge in [-0.25, -0.2) is 0 Å². The SMILES string of the molecule is CC(C)CC(=O)NCCNC(=O)Cc1ccc(N)cc1.Cl. The summed E-state index contributed by atoms with van der Waals surface area (Å²) in [4.78, 5) is 23.1. The van der Waals surface area contributed by atoms with Crippen molar-refractivity contribution < 1.29 is 9.59 Å². The van der Waals surface area contributed by atoms with Gasteiger partial charge in [0.15, 0.2) is 0 Å². The summed E-state index contributed by atoms with van der Waals surface area (Å²) in [6.45, 7) is 4.89. The third kappa shape index (κ3) is 8.92. The first kappa shape index (κ1) is 19.2. The minimum absolute atomic E-state index is 0. The van der Waals surface area contributed by atoms with Crippen LogP contribution in [0.2, 0.25) is 0 Å². The van der Waals surface area contributed by atoms with Crippen molar-refractivity contribution in [3.05, 3.63) is 29.8 Å². The fourth-order valence-corrected chi connectivity index (χ4v) is 1.73. The molecule has 1 aromatic rings. The van der Waals surface area contributed by atoms with E-state index in [9.17, 15) is 9.59 Å². The zero-order valence-electron chi connectivity index (χ0n) is 12.5. The maximum Gasteiger partial charge on any atom is 0.224 e. The third-order valence-corrected chi connectivity index (χ3v) is 2.71. The Morgan fingerprint density at radius 3 is 2.10 bits per heavy atom. The van der Waals surface area contributed by atoms with Gasteiger partial charge in [0.05, 0.1) is 6.42 Å². The van der Waals surface area contributed by atoms with E-state index in [0.29, 0.717) is 37.5 Å². The van der Waals surface area contributed by atoms with Crippen LogP contribution < -0.4 is 16.4 Å². The van der Waals surface area contributed by atoms with Crippen molar-refractivity contribution in [2.24, 2.45) is 5.92 Å². The van der Waals surface area contributed by atoms with Crippen LogP contribution in [0.4, 0.5) is 5.69 Å². The van der Waals surface area contributed by atoms with E-state index in [-0.39, 0.29) is 24.2 Å². The predicted octanol–water partition coefficient (Wildman–Crippen LogP) is 1.51. The Morgan fingerprint density at radius 2 is 1.57 bits per heavy atom. The number of benzene rings is 1. The van der Waals surface area contributed by atoms with Crippen molar-refractivity contribution in [3.8, 4) is 0 Å². The molecule has 1 aromatic carbocycles.